The predicted octanol–water partition coefficient (Wildman–Crippen LogP) is 6.34. The minimum Gasteiger partial charge on any atom is -0.493 e. The summed E-state index contributed by atoms with van der Waals surface area (Å²) in [4.78, 5) is 27.2. The Kier molecular flexibility index (Phi) is 8.78. The number of hydrogen-bond donors (Lipinski definition) is 2. The van der Waals surface area contributed by atoms with Crippen molar-refractivity contribution in [3.05, 3.63) is 77.2 Å². The van der Waals surface area contributed by atoms with Crippen molar-refractivity contribution in [2.24, 2.45) is 0 Å². The number of rotatable bonds is 12. The van der Waals surface area contributed by atoms with Crippen LogP contribution in [0.1, 0.15) is 67.3 Å². The number of para-hydroxylation sites is 1. The Morgan fingerprint density at radius 3 is 2.39 bits per heavy atom. The van der Waals surface area contributed by atoms with Gasteiger partial charge >= 0.3 is 5.97 Å². The maximum Gasteiger partial charge on any atom is 0.303 e. The van der Waals surface area contributed by atoms with E-state index in [1.165, 1.54) is 0 Å². The monoisotopic (exact) mass is 507 g/mol. The molecule has 0 spiro atoms. The number of amides is 1. The molecule has 7 heteroatoms. The van der Waals surface area contributed by atoms with Gasteiger partial charge in [-0.3, -0.25) is 9.59 Å². The highest BCUT2D eigenvalue weighted by Crippen LogP contribution is 2.36. The van der Waals surface area contributed by atoms with Gasteiger partial charge in [-0.2, -0.15) is 0 Å². The number of aliphatic carboxylic acids is 1. The fraction of sp³-hybridized carbons (Fsp3) is 0.379. The first-order valence-electron chi connectivity index (χ1n) is 12.6. The molecule has 0 unspecified atom stereocenters. The van der Waals surface area contributed by atoms with Crippen LogP contribution in [0.25, 0.3) is 10.4 Å². The van der Waals surface area contributed by atoms with Gasteiger partial charge in [0.15, 0.2) is 0 Å². The van der Waals surface area contributed by atoms with E-state index in [4.69, 9.17) is 9.84 Å². The summed E-state index contributed by atoms with van der Waals surface area (Å²) in [6.45, 7) is 0.718. The summed E-state index contributed by atoms with van der Waals surface area (Å²) in [6, 6.07) is 19.3. The van der Waals surface area contributed by atoms with Crippen molar-refractivity contribution in [3.8, 4) is 16.2 Å². The maximum atomic E-state index is 13.7. The van der Waals surface area contributed by atoms with E-state index < -0.39 is 11.7 Å². The normalized spacial score (nSPS) is 14.5. The van der Waals surface area contributed by atoms with Crippen LogP contribution < -0.4 is 4.74 Å². The molecular formula is C29H33NO5S. The summed E-state index contributed by atoms with van der Waals surface area (Å²) < 4.78 is 6.02. The number of carbonyl (C=O) groups excluding carboxylic acids is 1. The van der Waals surface area contributed by atoms with Gasteiger partial charge in [-0.05, 0) is 80.2 Å². The number of hydrogen-bond acceptors (Lipinski definition) is 5. The zero-order chi connectivity index (χ0) is 25.4. The average molecular weight is 508 g/mol. The van der Waals surface area contributed by atoms with Crippen LogP contribution in [-0.2, 0) is 11.3 Å². The smallest absolute Gasteiger partial charge is 0.303 e. The van der Waals surface area contributed by atoms with E-state index in [0.717, 1.165) is 41.7 Å². The Morgan fingerprint density at radius 1 is 0.944 bits per heavy atom. The van der Waals surface area contributed by atoms with E-state index in [9.17, 15) is 14.7 Å². The molecule has 1 aromatic heterocycles. The number of ether oxygens (including phenoxy) is 1. The third-order valence-corrected chi connectivity index (χ3v) is 7.60. The van der Waals surface area contributed by atoms with Gasteiger partial charge in [0.2, 0.25) is 0 Å². The van der Waals surface area contributed by atoms with E-state index in [-0.39, 0.29) is 18.9 Å². The summed E-state index contributed by atoms with van der Waals surface area (Å²) in [5.74, 6) is -0.291. The van der Waals surface area contributed by atoms with Crippen LogP contribution in [-0.4, -0.2) is 39.3 Å². The molecule has 0 bridgehead atoms. The molecule has 0 atom stereocenters. The lowest BCUT2D eigenvalue weighted by Crippen LogP contribution is -2.49. The molecule has 4 rings (SSSR count). The summed E-state index contributed by atoms with van der Waals surface area (Å²) in [5, 5.41) is 22.3. The topological polar surface area (TPSA) is 87.1 Å². The molecule has 36 heavy (non-hydrogen) atoms. The molecule has 190 valence electrons. The van der Waals surface area contributed by atoms with Crippen LogP contribution in [0.5, 0.6) is 5.75 Å². The SMILES string of the molecule is O=C(O)CCCCCOc1ccccc1CN(C(=O)c1ccc(-c2cccs2)cc1)C1(O)CCCC1. The molecule has 0 aliphatic heterocycles. The number of carboxylic acids is 1. The van der Waals surface area contributed by atoms with Crippen molar-refractivity contribution in [3.63, 3.8) is 0 Å². The van der Waals surface area contributed by atoms with Crippen LogP contribution in [0, 0.1) is 0 Å². The van der Waals surface area contributed by atoms with Gasteiger partial charge in [0.05, 0.1) is 13.2 Å². The van der Waals surface area contributed by atoms with Gasteiger partial charge in [-0.25, -0.2) is 0 Å². The number of aliphatic hydroxyl groups is 1. The van der Waals surface area contributed by atoms with Crippen molar-refractivity contribution >= 4 is 23.2 Å². The first-order valence-corrected chi connectivity index (χ1v) is 13.4. The van der Waals surface area contributed by atoms with Crippen LogP contribution >= 0.6 is 11.3 Å². The Bertz CT molecular complexity index is 1140. The van der Waals surface area contributed by atoms with Crippen molar-refractivity contribution in [1.29, 1.82) is 0 Å². The first-order chi connectivity index (χ1) is 17.5. The van der Waals surface area contributed by atoms with Gasteiger partial charge in [0.1, 0.15) is 11.5 Å². The van der Waals surface area contributed by atoms with Gasteiger partial charge < -0.3 is 19.8 Å². The molecule has 1 fully saturated rings. The number of carbonyl (C=O) groups is 2. The highest BCUT2D eigenvalue weighted by Gasteiger charge is 2.41. The van der Waals surface area contributed by atoms with Crippen LogP contribution in [0.2, 0.25) is 0 Å². The minimum absolute atomic E-state index is 0.167. The molecule has 0 saturated heterocycles. The summed E-state index contributed by atoms with van der Waals surface area (Å²) in [5.41, 5.74) is 1.27. The van der Waals surface area contributed by atoms with Gasteiger partial charge in [-0.15, -0.1) is 11.3 Å². The van der Waals surface area contributed by atoms with Gasteiger partial charge in [0.25, 0.3) is 5.91 Å². The fourth-order valence-electron chi connectivity index (χ4n) is 4.68. The molecule has 1 heterocycles. The summed E-state index contributed by atoms with van der Waals surface area (Å²) in [7, 11) is 0. The van der Waals surface area contributed by atoms with E-state index >= 15 is 0 Å². The third-order valence-electron chi connectivity index (χ3n) is 6.68. The molecular weight excluding hydrogens is 474 g/mol. The van der Waals surface area contributed by atoms with E-state index in [1.54, 1.807) is 16.2 Å². The standard InChI is InChI=1S/C29H33NO5S/c31-27(32)12-2-1-7-19-35-25-10-4-3-9-24(25)21-30(29(34)17-5-6-18-29)28(33)23-15-13-22(14-16-23)26-11-8-20-36-26/h3-4,8-11,13-16,20,34H,1-2,5-7,12,17-19,21H2,(H,31,32). The molecule has 2 N–H and O–H groups in total. The minimum atomic E-state index is -1.19. The zero-order valence-corrected chi connectivity index (χ0v) is 21.2. The van der Waals surface area contributed by atoms with Gasteiger partial charge in [-0.1, -0.05) is 36.4 Å². The molecule has 1 aliphatic carbocycles. The van der Waals surface area contributed by atoms with E-state index in [2.05, 4.69) is 6.07 Å². The first kappa shape index (κ1) is 25.9. The van der Waals surface area contributed by atoms with Crippen molar-refractivity contribution in [2.75, 3.05) is 6.61 Å². The molecule has 0 radical (unpaired) electrons. The van der Waals surface area contributed by atoms with E-state index in [0.29, 0.717) is 37.2 Å². The number of thiophene rings is 1. The van der Waals surface area contributed by atoms with Gasteiger partial charge in [0, 0.05) is 22.4 Å². The maximum absolute atomic E-state index is 13.7. The quantitative estimate of drug-likeness (QED) is 0.221. The van der Waals surface area contributed by atoms with Crippen LogP contribution in [0.15, 0.2) is 66.0 Å². The fourth-order valence-corrected chi connectivity index (χ4v) is 5.41. The largest absolute Gasteiger partial charge is 0.493 e. The lowest BCUT2D eigenvalue weighted by molar-refractivity contribution is -0.137. The second kappa shape index (κ2) is 12.2. The lowest BCUT2D eigenvalue weighted by Gasteiger charge is -2.37. The molecule has 6 nitrogen and oxygen atoms in total. The Balaban J connectivity index is 1.49. The molecule has 2 aromatic carbocycles. The lowest BCUT2D eigenvalue weighted by atomic mass is 10.0. The van der Waals surface area contributed by atoms with Crippen LogP contribution in [0.4, 0.5) is 0 Å². The summed E-state index contributed by atoms with van der Waals surface area (Å²) >= 11 is 1.66. The average Bonchev–Trinajstić information content (AvgIpc) is 3.58. The molecule has 1 aliphatic rings. The number of unbranched alkanes of at least 4 members (excludes halogenated alkanes) is 2. The van der Waals surface area contributed by atoms with E-state index in [1.807, 2.05) is 60.0 Å². The Labute approximate surface area is 216 Å². The molecule has 1 saturated carbocycles. The Morgan fingerprint density at radius 2 is 1.69 bits per heavy atom. The second-order valence-electron chi connectivity index (χ2n) is 9.30. The highest BCUT2D eigenvalue weighted by molar-refractivity contribution is 7.13. The van der Waals surface area contributed by atoms with Crippen molar-refractivity contribution < 1.29 is 24.5 Å². The third kappa shape index (κ3) is 6.53. The highest BCUT2D eigenvalue weighted by atomic mass is 32.1. The van der Waals surface area contributed by atoms with Crippen molar-refractivity contribution in [1.82, 2.24) is 4.90 Å². The second-order valence-corrected chi connectivity index (χ2v) is 10.2. The number of nitrogens with zero attached hydrogens (tertiary/aromatic N) is 1. The zero-order valence-electron chi connectivity index (χ0n) is 20.4. The Hall–Kier alpha value is -3.16. The number of benzene rings is 2. The number of carboxylic acid groups (broad SMARTS) is 1. The van der Waals surface area contributed by atoms with Crippen molar-refractivity contribution in [2.45, 2.75) is 63.6 Å². The van der Waals surface area contributed by atoms with Crippen LogP contribution in [0.3, 0.4) is 0 Å². The summed E-state index contributed by atoms with van der Waals surface area (Å²) in [6.07, 6.45) is 5.20. The molecule has 1 amide bonds. The predicted molar refractivity (Wildman–Crippen MR) is 141 cm³/mol. The molecule has 3 aromatic rings.